The summed E-state index contributed by atoms with van der Waals surface area (Å²) >= 11 is 8.05. The molecule has 4 aliphatic rings. The lowest BCUT2D eigenvalue weighted by Crippen LogP contribution is -2.56. The molecule has 3 aliphatic carbocycles. The average Bonchev–Trinajstić information content (AvgIpc) is 3.03. The maximum absolute atomic E-state index is 13.9. The van der Waals surface area contributed by atoms with Gasteiger partial charge in [0.15, 0.2) is 0 Å². The van der Waals surface area contributed by atoms with E-state index in [1.165, 1.54) is 4.90 Å². The molecule has 1 saturated heterocycles. The molecule has 3 nitrogen and oxygen atoms in total. The zero-order chi connectivity index (χ0) is 20.8. The number of rotatable bonds is 1. The van der Waals surface area contributed by atoms with E-state index in [0.29, 0.717) is 5.69 Å². The Bertz CT molecular complexity index is 1150. The lowest BCUT2D eigenvalue weighted by atomic mass is 9.54. The standard InChI is InChI=1S/C25H17Br2NO2/c1-14-7-6-8-15(13-14)28-22(29)20-21(23(28)30)25(27)17-10-3-2-9-16(17)24(20,26)18-11-4-5-12-19(18)25/h2-13,20-21H,1H3. The Balaban J connectivity index is 1.67. The molecule has 0 spiro atoms. The van der Waals surface area contributed by atoms with Gasteiger partial charge in [-0.25, -0.2) is 4.90 Å². The minimum absolute atomic E-state index is 0.152. The quantitative estimate of drug-likeness (QED) is 0.317. The van der Waals surface area contributed by atoms with Gasteiger partial charge in [-0.2, -0.15) is 0 Å². The smallest absolute Gasteiger partial charge is 0.239 e. The van der Waals surface area contributed by atoms with Gasteiger partial charge in [0, 0.05) is 0 Å². The van der Waals surface area contributed by atoms with Crippen molar-refractivity contribution in [3.05, 3.63) is 101 Å². The Morgan fingerprint density at radius 1 is 0.700 bits per heavy atom. The van der Waals surface area contributed by atoms with E-state index in [4.69, 9.17) is 0 Å². The van der Waals surface area contributed by atoms with Crippen LogP contribution in [0.4, 0.5) is 5.69 Å². The number of aryl methyl sites for hydroxylation is 1. The molecule has 1 heterocycles. The van der Waals surface area contributed by atoms with Gasteiger partial charge in [0.2, 0.25) is 11.8 Å². The van der Waals surface area contributed by atoms with Crippen LogP contribution in [0.2, 0.25) is 0 Å². The second kappa shape index (κ2) is 5.92. The lowest BCUT2D eigenvalue weighted by Gasteiger charge is -2.55. The lowest BCUT2D eigenvalue weighted by molar-refractivity contribution is -0.122. The zero-order valence-electron chi connectivity index (χ0n) is 16.1. The summed E-state index contributed by atoms with van der Waals surface area (Å²) in [4.78, 5) is 29.1. The highest BCUT2D eigenvalue weighted by atomic mass is 79.9. The fraction of sp³-hybridized carbons (Fsp3) is 0.200. The van der Waals surface area contributed by atoms with E-state index in [1.54, 1.807) is 0 Å². The Morgan fingerprint density at radius 2 is 1.13 bits per heavy atom. The van der Waals surface area contributed by atoms with Crippen LogP contribution in [0.1, 0.15) is 27.8 Å². The summed E-state index contributed by atoms with van der Waals surface area (Å²) in [7, 11) is 0. The van der Waals surface area contributed by atoms with Crippen molar-refractivity contribution in [2.24, 2.45) is 11.8 Å². The van der Waals surface area contributed by atoms with Crippen molar-refractivity contribution in [1.29, 1.82) is 0 Å². The van der Waals surface area contributed by atoms with Gasteiger partial charge in [-0.05, 0) is 46.9 Å². The van der Waals surface area contributed by atoms with Crippen LogP contribution in [-0.2, 0) is 18.2 Å². The van der Waals surface area contributed by atoms with Crippen LogP contribution >= 0.6 is 31.9 Å². The second-order valence-corrected chi connectivity index (χ2v) is 10.8. The first-order valence-electron chi connectivity index (χ1n) is 9.92. The third-order valence-corrected chi connectivity index (χ3v) is 9.54. The molecule has 0 aromatic heterocycles. The van der Waals surface area contributed by atoms with Crippen molar-refractivity contribution in [2.75, 3.05) is 4.90 Å². The maximum atomic E-state index is 13.9. The molecule has 2 atom stereocenters. The number of halogens is 2. The van der Waals surface area contributed by atoms with Gasteiger partial charge in [-0.3, -0.25) is 9.59 Å². The molecule has 0 radical (unpaired) electrons. The number of benzene rings is 3. The number of carbonyl (C=O) groups excluding carboxylic acids is 2. The van der Waals surface area contributed by atoms with Crippen molar-refractivity contribution in [3.8, 4) is 0 Å². The molecule has 30 heavy (non-hydrogen) atoms. The number of imide groups is 1. The van der Waals surface area contributed by atoms with Crippen LogP contribution in [0.15, 0.2) is 72.8 Å². The molecule has 0 saturated carbocycles. The topological polar surface area (TPSA) is 37.4 Å². The molecule has 3 aromatic carbocycles. The summed E-state index contributed by atoms with van der Waals surface area (Å²) in [6, 6.07) is 23.9. The number of hydrogen-bond donors (Lipinski definition) is 0. The first-order valence-corrected chi connectivity index (χ1v) is 11.5. The molecule has 2 amide bonds. The first-order chi connectivity index (χ1) is 14.4. The Hall–Kier alpha value is -2.24. The van der Waals surface area contributed by atoms with E-state index in [1.807, 2.05) is 55.5 Å². The molecule has 1 fully saturated rings. The molecular formula is C25H17Br2NO2. The van der Waals surface area contributed by atoms with E-state index in [9.17, 15) is 9.59 Å². The number of carbonyl (C=O) groups is 2. The zero-order valence-corrected chi connectivity index (χ0v) is 19.3. The SMILES string of the molecule is Cc1cccc(N2C(=O)C3C(C2=O)C2(Br)c4ccccc4C3(Br)c3ccccc32)c1. The first kappa shape index (κ1) is 18.5. The summed E-state index contributed by atoms with van der Waals surface area (Å²) in [6.07, 6.45) is 0. The number of alkyl halides is 2. The van der Waals surface area contributed by atoms with E-state index in [2.05, 4.69) is 56.1 Å². The molecular weight excluding hydrogens is 506 g/mol. The number of amides is 2. The van der Waals surface area contributed by atoms with Crippen LogP contribution in [0.25, 0.3) is 0 Å². The van der Waals surface area contributed by atoms with Crippen molar-refractivity contribution < 1.29 is 9.59 Å². The van der Waals surface area contributed by atoms with Gasteiger partial charge in [0.05, 0.1) is 26.2 Å². The van der Waals surface area contributed by atoms with Crippen molar-refractivity contribution in [2.45, 2.75) is 15.6 Å². The monoisotopic (exact) mass is 521 g/mol. The molecule has 3 aromatic rings. The van der Waals surface area contributed by atoms with E-state index in [0.717, 1.165) is 27.8 Å². The third kappa shape index (κ3) is 1.96. The average molecular weight is 523 g/mol. The highest BCUT2D eigenvalue weighted by molar-refractivity contribution is 9.10. The van der Waals surface area contributed by atoms with Gasteiger partial charge in [-0.15, -0.1) is 0 Å². The van der Waals surface area contributed by atoms with Crippen molar-refractivity contribution in [1.82, 2.24) is 0 Å². The molecule has 7 rings (SSSR count). The van der Waals surface area contributed by atoms with Crippen LogP contribution < -0.4 is 4.90 Å². The third-order valence-electron chi connectivity index (χ3n) is 6.85. The normalized spacial score (nSPS) is 30.8. The summed E-state index contributed by atoms with van der Waals surface area (Å²) in [5, 5.41) is 0. The number of anilines is 1. The van der Waals surface area contributed by atoms with Crippen molar-refractivity contribution in [3.63, 3.8) is 0 Å². The Kier molecular flexibility index (Phi) is 3.66. The van der Waals surface area contributed by atoms with Crippen molar-refractivity contribution >= 4 is 49.4 Å². The van der Waals surface area contributed by atoms with Crippen LogP contribution in [0, 0.1) is 18.8 Å². The molecule has 5 heteroatoms. The molecule has 0 N–H and O–H groups in total. The maximum Gasteiger partial charge on any atom is 0.239 e. The minimum Gasteiger partial charge on any atom is -0.274 e. The van der Waals surface area contributed by atoms with E-state index in [-0.39, 0.29) is 11.8 Å². The van der Waals surface area contributed by atoms with Gasteiger partial charge in [0.25, 0.3) is 0 Å². The van der Waals surface area contributed by atoms with E-state index < -0.39 is 20.5 Å². The predicted octanol–water partition coefficient (Wildman–Crippen LogP) is 5.40. The minimum atomic E-state index is -0.744. The second-order valence-electron chi connectivity index (χ2n) is 8.32. The van der Waals surface area contributed by atoms with Gasteiger partial charge in [0.1, 0.15) is 0 Å². The fourth-order valence-corrected chi connectivity index (χ4v) is 7.99. The molecule has 148 valence electrons. The Morgan fingerprint density at radius 3 is 1.53 bits per heavy atom. The van der Waals surface area contributed by atoms with Crippen LogP contribution in [0.3, 0.4) is 0 Å². The Labute approximate surface area is 191 Å². The molecule has 2 bridgehead atoms. The van der Waals surface area contributed by atoms with Gasteiger partial charge in [-0.1, -0.05) is 92.5 Å². The summed E-state index contributed by atoms with van der Waals surface area (Å²) < 4.78 is -1.49. The summed E-state index contributed by atoms with van der Waals surface area (Å²) in [5.41, 5.74) is 5.85. The van der Waals surface area contributed by atoms with Crippen LogP contribution in [0.5, 0.6) is 0 Å². The van der Waals surface area contributed by atoms with E-state index >= 15 is 0 Å². The highest BCUT2D eigenvalue weighted by Crippen LogP contribution is 2.70. The summed E-state index contributed by atoms with van der Waals surface area (Å²) in [6.45, 7) is 1.97. The fourth-order valence-electron chi connectivity index (χ4n) is 5.69. The summed E-state index contributed by atoms with van der Waals surface area (Å²) in [5.74, 6) is -1.37. The van der Waals surface area contributed by atoms with Gasteiger partial charge >= 0.3 is 0 Å². The number of hydrogen-bond acceptors (Lipinski definition) is 2. The predicted molar refractivity (Wildman–Crippen MR) is 123 cm³/mol. The van der Waals surface area contributed by atoms with Gasteiger partial charge < -0.3 is 0 Å². The molecule has 1 aliphatic heterocycles. The number of nitrogens with zero attached hydrogens (tertiary/aromatic N) is 1. The highest BCUT2D eigenvalue weighted by Gasteiger charge is 2.72. The molecule has 2 unspecified atom stereocenters. The van der Waals surface area contributed by atoms with Crippen LogP contribution in [-0.4, -0.2) is 11.8 Å². The largest absolute Gasteiger partial charge is 0.274 e.